The Hall–Kier alpha value is -2.63. The maximum Gasteiger partial charge on any atom is 0.244 e. The van der Waals surface area contributed by atoms with Gasteiger partial charge in [0.15, 0.2) is 0 Å². The van der Waals surface area contributed by atoms with E-state index in [2.05, 4.69) is 20.8 Å². The summed E-state index contributed by atoms with van der Waals surface area (Å²) in [5.41, 5.74) is 2.64. The van der Waals surface area contributed by atoms with Gasteiger partial charge in [0.1, 0.15) is 5.75 Å². The van der Waals surface area contributed by atoms with Crippen molar-refractivity contribution in [1.82, 2.24) is 9.21 Å². The predicted octanol–water partition coefficient (Wildman–Crippen LogP) is 3.51. The molecule has 9 nitrogen and oxygen atoms in total. The van der Waals surface area contributed by atoms with Gasteiger partial charge < -0.3 is 19.4 Å². The van der Waals surface area contributed by atoms with E-state index in [0.717, 1.165) is 17.0 Å². The second-order valence-corrected chi connectivity index (χ2v) is 13.0. The second kappa shape index (κ2) is 11.5. The lowest BCUT2D eigenvalue weighted by atomic mass is 9.97. The molecular formula is C28H35BrN4O5S. The summed E-state index contributed by atoms with van der Waals surface area (Å²) in [6.07, 6.45) is 2.35. The van der Waals surface area contributed by atoms with Gasteiger partial charge in [-0.05, 0) is 65.0 Å². The quantitative estimate of drug-likeness (QED) is 0.492. The second-order valence-electron chi connectivity index (χ2n) is 10.2. The number of fused-ring (bicyclic) bond motifs is 1. The van der Waals surface area contributed by atoms with Gasteiger partial charge in [-0.3, -0.25) is 9.59 Å². The molecule has 0 spiro atoms. The van der Waals surface area contributed by atoms with Gasteiger partial charge in [-0.1, -0.05) is 19.1 Å². The molecule has 0 N–H and O–H groups in total. The van der Waals surface area contributed by atoms with Crippen molar-refractivity contribution in [3.63, 3.8) is 0 Å². The van der Waals surface area contributed by atoms with Crippen molar-refractivity contribution in [3.8, 4) is 5.75 Å². The molecule has 39 heavy (non-hydrogen) atoms. The van der Waals surface area contributed by atoms with E-state index in [1.807, 2.05) is 35.2 Å². The molecule has 0 aliphatic carbocycles. The zero-order chi connectivity index (χ0) is 27.7. The van der Waals surface area contributed by atoms with Crippen molar-refractivity contribution in [2.24, 2.45) is 5.92 Å². The fourth-order valence-corrected chi connectivity index (χ4v) is 8.45. The number of rotatable bonds is 6. The average molecular weight is 620 g/mol. The zero-order valence-corrected chi connectivity index (χ0v) is 24.8. The van der Waals surface area contributed by atoms with Gasteiger partial charge in [-0.15, -0.1) is 0 Å². The molecule has 210 valence electrons. The number of benzene rings is 2. The molecular weight excluding hydrogens is 584 g/mol. The lowest BCUT2D eigenvalue weighted by Gasteiger charge is -2.39. The lowest BCUT2D eigenvalue weighted by molar-refractivity contribution is -0.137. The Kier molecular flexibility index (Phi) is 8.21. The number of anilines is 2. The number of hydrogen-bond acceptors (Lipinski definition) is 6. The molecule has 0 bridgehead atoms. The average Bonchev–Trinajstić information content (AvgIpc) is 3.38. The Balaban J connectivity index is 1.28. The molecule has 0 unspecified atom stereocenters. The number of piperazine rings is 1. The SMILES string of the molecule is CCC(=O)N1CCc2cc(Br)c(S(=O)(=O)N3CCC[C@H](C(=O)N4CCN(c5ccccc5OC)CC4)C3)cc21. The first-order valence-corrected chi connectivity index (χ1v) is 15.8. The number of hydrogen-bond donors (Lipinski definition) is 0. The van der Waals surface area contributed by atoms with Crippen LogP contribution in [0.5, 0.6) is 5.75 Å². The molecule has 2 aromatic rings. The van der Waals surface area contributed by atoms with E-state index >= 15 is 0 Å². The number of sulfonamides is 1. The van der Waals surface area contributed by atoms with E-state index in [1.165, 1.54) is 4.31 Å². The number of halogens is 1. The lowest BCUT2D eigenvalue weighted by Crippen LogP contribution is -2.53. The summed E-state index contributed by atoms with van der Waals surface area (Å²) in [5, 5.41) is 0. The van der Waals surface area contributed by atoms with Crippen LogP contribution in [-0.2, 0) is 26.0 Å². The molecule has 2 saturated heterocycles. The molecule has 3 aliphatic heterocycles. The molecule has 3 aliphatic rings. The number of nitrogens with zero attached hydrogens (tertiary/aromatic N) is 4. The molecule has 5 rings (SSSR count). The minimum absolute atomic E-state index is 0.0160. The van der Waals surface area contributed by atoms with Crippen molar-refractivity contribution < 1.29 is 22.7 Å². The highest BCUT2D eigenvalue weighted by Crippen LogP contribution is 2.38. The zero-order valence-electron chi connectivity index (χ0n) is 22.4. The van der Waals surface area contributed by atoms with E-state index in [-0.39, 0.29) is 29.2 Å². The summed E-state index contributed by atoms with van der Waals surface area (Å²) in [6.45, 7) is 5.44. The minimum Gasteiger partial charge on any atom is -0.495 e. The van der Waals surface area contributed by atoms with Crippen LogP contribution < -0.4 is 14.5 Å². The van der Waals surface area contributed by atoms with E-state index in [0.29, 0.717) is 75.1 Å². The first-order valence-electron chi connectivity index (χ1n) is 13.5. The van der Waals surface area contributed by atoms with Crippen LogP contribution in [0.2, 0.25) is 0 Å². The van der Waals surface area contributed by atoms with E-state index in [1.54, 1.807) is 25.0 Å². The molecule has 2 fully saturated rings. The normalized spacial score (nSPS) is 20.2. The monoisotopic (exact) mass is 618 g/mol. The number of carbonyl (C=O) groups excluding carboxylic acids is 2. The molecule has 2 amide bonds. The van der Waals surface area contributed by atoms with Gasteiger partial charge in [0.05, 0.1) is 23.6 Å². The number of carbonyl (C=O) groups is 2. The highest BCUT2D eigenvalue weighted by Gasteiger charge is 2.38. The van der Waals surface area contributed by atoms with E-state index in [4.69, 9.17) is 4.74 Å². The van der Waals surface area contributed by atoms with Crippen molar-refractivity contribution >= 4 is 49.1 Å². The van der Waals surface area contributed by atoms with Crippen LogP contribution >= 0.6 is 15.9 Å². The first kappa shape index (κ1) is 27.9. The minimum atomic E-state index is -3.86. The van der Waals surface area contributed by atoms with Crippen molar-refractivity contribution in [2.75, 3.05) is 62.7 Å². The fourth-order valence-electron chi connectivity index (χ4n) is 5.85. The summed E-state index contributed by atoms with van der Waals surface area (Å²) in [5.74, 6) is 0.430. The summed E-state index contributed by atoms with van der Waals surface area (Å²) >= 11 is 3.47. The Morgan fingerprint density at radius 3 is 2.49 bits per heavy atom. The van der Waals surface area contributed by atoms with Gasteiger partial charge in [0, 0.05) is 62.4 Å². The largest absolute Gasteiger partial charge is 0.495 e. The molecule has 3 heterocycles. The Labute approximate surface area is 238 Å². The summed E-state index contributed by atoms with van der Waals surface area (Å²) < 4.78 is 35.0. The van der Waals surface area contributed by atoms with Gasteiger partial charge in [-0.25, -0.2) is 8.42 Å². The van der Waals surface area contributed by atoms with Crippen molar-refractivity contribution in [1.29, 1.82) is 0 Å². The predicted molar refractivity (Wildman–Crippen MR) is 154 cm³/mol. The number of ether oxygens (including phenoxy) is 1. The number of para-hydroxylation sites is 2. The maximum absolute atomic E-state index is 13.8. The summed E-state index contributed by atoms with van der Waals surface area (Å²) in [6, 6.07) is 11.3. The molecule has 1 atom stereocenters. The van der Waals surface area contributed by atoms with E-state index in [9.17, 15) is 18.0 Å². The van der Waals surface area contributed by atoms with Crippen LogP contribution in [0.3, 0.4) is 0 Å². The van der Waals surface area contributed by atoms with Gasteiger partial charge in [0.2, 0.25) is 21.8 Å². The standard InChI is InChI=1S/C28H35BrN4O5S/c1-3-27(34)33-12-10-20-17-22(29)26(18-24(20)33)39(36,37)32-11-6-7-21(19-32)28(35)31-15-13-30(14-16-31)23-8-4-5-9-25(23)38-2/h4-5,8-9,17-18,21H,3,6-7,10-16,19H2,1-2H3/t21-/m0/s1. The van der Waals surface area contributed by atoms with Crippen LogP contribution in [0.4, 0.5) is 11.4 Å². The van der Waals surface area contributed by atoms with Gasteiger partial charge in [-0.2, -0.15) is 4.31 Å². The summed E-state index contributed by atoms with van der Waals surface area (Å²) in [7, 11) is -2.21. The van der Waals surface area contributed by atoms with Crippen LogP contribution in [-0.4, -0.2) is 82.4 Å². The maximum atomic E-state index is 13.8. The van der Waals surface area contributed by atoms with Crippen LogP contribution in [0.1, 0.15) is 31.7 Å². The van der Waals surface area contributed by atoms with Crippen molar-refractivity contribution in [3.05, 3.63) is 46.4 Å². The molecule has 2 aromatic carbocycles. The Bertz CT molecular complexity index is 1360. The van der Waals surface area contributed by atoms with Crippen LogP contribution in [0, 0.1) is 5.92 Å². The third-order valence-electron chi connectivity index (χ3n) is 8.00. The van der Waals surface area contributed by atoms with Gasteiger partial charge >= 0.3 is 0 Å². The molecule has 0 saturated carbocycles. The first-order chi connectivity index (χ1) is 18.7. The highest BCUT2D eigenvalue weighted by atomic mass is 79.9. The molecule has 0 radical (unpaired) electrons. The fraction of sp³-hybridized carbons (Fsp3) is 0.500. The number of piperidine rings is 1. The highest BCUT2D eigenvalue weighted by molar-refractivity contribution is 9.10. The van der Waals surface area contributed by atoms with Crippen LogP contribution in [0.15, 0.2) is 45.8 Å². The molecule has 0 aromatic heterocycles. The topological polar surface area (TPSA) is 90.5 Å². The van der Waals surface area contributed by atoms with Crippen molar-refractivity contribution in [2.45, 2.75) is 37.5 Å². The van der Waals surface area contributed by atoms with Crippen LogP contribution in [0.25, 0.3) is 0 Å². The number of amides is 2. The smallest absolute Gasteiger partial charge is 0.244 e. The third kappa shape index (κ3) is 5.40. The van der Waals surface area contributed by atoms with Gasteiger partial charge in [0.25, 0.3) is 0 Å². The third-order valence-corrected chi connectivity index (χ3v) is 10.8. The Morgan fingerprint density at radius 2 is 1.77 bits per heavy atom. The molecule has 11 heteroatoms. The summed E-state index contributed by atoms with van der Waals surface area (Å²) in [4.78, 5) is 31.8. The Morgan fingerprint density at radius 1 is 1.03 bits per heavy atom. The number of methoxy groups -OCH3 is 1. The van der Waals surface area contributed by atoms with E-state index < -0.39 is 10.0 Å².